The molecule has 0 saturated carbocycles. The van der Waals surface area contributed by atoms with Crippen LogP contribution in [0.3, 0.4) is 0 Å². The van der Waals surface area contributed by atoms with E-state index in [4.69, 9.17) is 16.3 Å². The summed E-state index contributed by atoms with van der Waals surface area (Å²) >= 11 is 5.94. The number of aromatic hydroxyl groups is 1. The highest BCUT2D eigenvalue weighted by Gasteiger charge is 2.17. The molecule has 0 fully saturated rings. The average molecular weight is 302 g/mol. The average Bonchev–Trinajstić information content (AvgIpc) is 2.46. The molecule has 0 spiro atoms. The molecule has 1 heterocycles. The zero-order valence-electron chi connectivity index (χ0n) is 11.0. The van der Waals surface area contributed by atoms with Gasteiger partial charge in [0, 0.05) is 22.3 Å². The zero-order valence-corrected chi connectivity index (χ0v) is 11.7. The molecule has 2 aromatic rings. The van der Waals surface area contributed by atoms with E-state index in [-0.39, 0.29) is 18.3 Å². The number of carbonyl (C=O) groups excluding carboxylic acids is 1. The minimum Gasteiger partial charge on any atom is -0.508 e. The van der Waals surface area contributed by atoms with Gasteiger partial charge in [0.1, 0.15) is 18.1 Å². The Morgan fingerprint density at radius 1 is 1.24 bits per heavy atom. The molecule has 2 aromatic carbocycles. The second-order valence-corrected chi connectivity index (χ2v) is 5.08. The van der Waals surface area contributed by atoms with E-state index in [0.717, 1.165) is 5.56 Å². The first-order chi connectivity index (χ1) is 10.1. The Morgan fingerprint density at radius 2 is 2.10 bits per heavy atom. The molecule has 106 valence electrons. The van der Waals surface area contributed by atoms with E-state index in [0.29, 0.717) is 22.0 Å². The van der Waals surface area contributed by atoms with Gasteiger partial charge in [-0.15, -0.1) is 0 Å². The molecule has 0 unspecified atom stereocenters. The van der Waals surface area contributed by atoms with Crippen LogP contribution in [0.4, 0.5) is 5.69 Å². The number of hydrogen-bond acceptors (Lipinski definition) is 3. The second-order valence-electron chi connectivity index (χ2n) is 4.64. The lowest BCUT2D eigenvalue weighted by molar-refractivity contribution is -0.113. The topological polar surface area (TPSA) is 58.6 Å². The van der Waals surface area contributed by atoms with Crippen LogP contribution >= 0.6 is 11.6 Å². The van der Waals surface area contributed by atoms with Crippen molar-refractivity contribution in [2.24, 2.45) is 0 Å². The monoisotopic (exact) mass is 301 g/mol. The summed E-state index contributed by atoms with van der Waals surface area (Å²) in [5.74, 6) is 0.526. The Kier molecular flexibility index (Phi) is 3.54. The van der Waals surface area contributed by atoms with Gasteiger partial charge in [-0.05, 0) is 36.4 Å². The van der Waals surface area contributed by atoms with Crippen LogP contribution in [0.5, 0.6) is 11.5 Å². The quantitative estimate of drug-likeness (QED) is 0.893. The van der Waals surface area contributed by atoms with Crippen LogP contribution in [0.2, 0.25) is 5.02 Å². The number of rotatable bonds is 2. The van der Waals surface area contributed by atoms with Crippen molar-refractivity contribution < 1.29 is 14.6 Å². The minimum absolute atomic E-state index is 0.0961. The van der Waals surface area contributed by atoms with Gasteiger partial charge >= 0.3 is 0 Å². The number of phenolic OH excluding ortho intramolecular Hbond substituents is 1. The SMILES string of the molecule is O=C(Nc1cccc(O)c1)C1=Cc2cc(Cl)ccc2OC1. The van der Waals surface area contributed by atoms with Crippen LogP contribution in [0.1, 0.15) is 5.56 Å². The Labute approximate surface area is 126 Å². The fourth-order valence-electron chi connectivity index (χ4n) is 2.07. The van der Waals surface area contributed by atoms with Gasteiger partial charge in [-0.3, -0.25) is 4.79 Å². The summed E-state index contributed by atoms with van der Waals surface area (Å²) in [7, 11) is 0. The number of ether oxygens (including phenoxy) is 1. The first-order valence-electron chi connectivity index (χ1n) is 6.35. The Hall–Kier alpha value is -2.46. The largest absolute Gasteiger partial charge is 0.508 e. The lowest BCUT2D eigenvalue weighted by Gasteiger charge is -2.17. The van der Waals surface area contributed by atoms with E-state index in [2.05, 4.69) is 5.32 Å². The molecule has 0 bridgehead atoms. The Morgan fingerprint density at radius 3 is 2.90 bits per heavy atom. The molecule has 21 heavy (non-hydrogen) atoms. The van der Waals surface area contributed by atoms with Gasteiger partial charge in [-0.2, -0.15) is 0 Å². The lowest BCUT2D eigenvalue weighted by atomic mass is 10.1. The molecule has 3 rings (SSSR count). The summed E-state index contributed by atoms with van der Waals surface area (Å²) in [6.45, 7) is 0.194. The molecule has 0 atom stereocenters. The number of nitrogens with one attached hydrogen (secondary N) is 1. The number of anilines is 1. The second kappa shape index (κ2) is 5.50. The predicted molar refractivity (Wildman–Crippen MR) is 81.7 cm³/mol. The minimum atomic E-state index is -0.272. The Bertz CT molecular complexity index is 740. The third kappa shape index (κ3) is 3.01. The van der Waals surface area contributed by atoms with E-state index in [9.17, 15) is 9.90 Å². The number of amides is 1. The van der Waals surface area contributed by atoms with E-state index in [1.807, 2.05) is 0 Å². The zero-order chi connectivity index (χ0) is 14.8. The van der Waals surface area contributed by atoms with Crippen molar-refractivity contribution in [3.05, 3.63) is 58.6 Å². The predicted octanol–water partition coefficient (Wildman–Crippen LogP) is 3.46. The van der Waals surface area contributed by atoms with E-state index < -0.39 is 0 Å². The van der Waals surface area contributed by atoms with Crippen molar-refractivity contribution in [1.82, 2.24) is 0 Å². The van der Waals surface area contributed by atoms with Gasteiger partial charge in [0.05, 0.1) is 5.57 Å². The highest BCUT2D eigenvalue weighted by molar-refractivity contribution is 6.30. The first-order valence-corrected chi connectivity index (χ1v) is 6.73. The molecule has 1 amide bonds. The summed E-state index contributed by atoms with van der Waals surface area (Å²) in [4.78, 5) is 12.2. The van der Waals surface area contributed by atoms with Crippen LogP contribution in [-0.2, 0) is 4.79 Å². The molecule has 0 aromatic heterocycles. The third-order valence-corrected chi connectivity index (χ3v) is 3.32. The van der Waals surface area contributed by atoms with Crippen LogP contribution in [-0.4, -0.2) is 17.6 Å². The summed E-state index contributed by atoms with van der Waals surface area (Å²) in [6.07, 6.45) is 1.75. The summed E-state index contributed by atoms with van der Waals surface area (Å²) in [6, 6.07) is 11.6. The van der Waals surface area contributed by atoms with E-state index >= 15 is 0 Å². The standard InChI is InChI=1S/C16H12ClNO3/c17-12-4-5-15-10(7-12)6-11(9-21-15)16(20)18-13-2-1-3-14(19)8-13/h1-8,19H,9H2,(H,18,20). The lowest BCUT2D eigenvalue weighted by Crippen LogP contribution is -2.21. The Balaban J connectivity index is 1.82. The van der Waals surface area contributed by atoms with Crippen molar-refractivity contribution >= 4 is 29.3 Å². The van der Waals surface area contributed by atoms with Crippen molar-refractivity contribution in [3.63, 3.8) is 0 Å². The molecule has 4 nitrogen and oxygen atoms in total. The maximum atomic E-state index is 12.2. The van der Waals surface area contributed by atoms with Crippen LogP contribution in [0.25, 0.3) is 6.08 Å². The molecular formula is C16H12ClNO3. The summed E-state index contributed by atoms with van der Waals surface area (Å²) < 4.78 is 5.54. The fourth-order valence-corrected chi connectivity index (χ4v) is 2.26. The molecule has 1 aliphatic rings. The van der Waals surface area contributed by atoms with Gasteiger partial charge in [0.2, 0.25) is 0 Å². The number of hydrogen-bond donors (Lipinski definition) is 2. The maximum absolute atomic E-state index is 12.2. The number of phenols is 1. The molecule has 0 aliphatic carbocycles. The van der Waals surface area contributed by atoms with E-state index in [1.54, 1.807) is 36.4 Å². The third-order valence-electron chi connectivity index (χ3n) is 3.08. The molecule has 2 N–H and O–H groups in total. The van der Waals surface area contributed by atoms with Gasteiger partial charge in [0.15, 0.2) is 0 Å². The number of benzene rings is 2. The molecule has 0 saturated heterocycles. The number of fused-ring (bicyclic) bond motifs is 1. The number of halogens is 1. The molecular weight excluding hydrogens is 290 g/mol. The van der Waals surface area contributed by atoms with Crippen molar-refractivity contribution in [2.75, 3.05) is 11.9 Å². The highest BCUT2D eigenvalue weighted by Crippen LogP contribution is 2.29. The first kappa shape index (κ1) is 13.5. The van der Waals surface area contributed by atoms with Crippen molar-refractivity contribution in [2.45, 2.75) is 0 Å². The van der Waals surface area contributed by atoms with Gasteiger partial charge in [-0.25, -0.2) is 0 Å². The summed E-state index contributed by atoms with van der Waals surface area (Å²) in [5.41, 5.74) is 1.79. The highest BCUT2D eigenvalue weighted by atomic mass is 35.5. The van der Waals surface area contributed by atoms with Gasteiger partial charge in [-0.1, -0.05) is 17.7 Å². The molecule has 1 aliphatic heterocycles. The molecule has 0 radical (unpaired) electrons. The van der Waals surface area contributed by atoms with E-state index in [1.165, 1.54) is 12.1 Å². The van der Waals surface area contributed by atoms with Gasteiger partial charge < -0.3 is 15.2 Å². The fraction of sp³-hybridized carbons (Fsp3) is 0.0625. The van der Waals surface area contributed by atoms with Crippen LogP contribution in [0.15, 0.2) is 48.0 Å². The normalized spacial score (nSPS) is 12.9. The van der Waals surface area contributed by atoms with Crippen LogP contribution < -0.4 is 10.1 Å². The number of carbonyl (C=O) groups is 1. The molecule has 5 heteroatoms. The van der Waals surface area contributed by atoms with Crippen molar-refractivity contribution in [3.8, 4) is 11.5 Å². The maximum Gasteiger partial charge on any atom is 0.255 e. The van der Waals surface area contributed by atoms with Crippen molar-refractivity contribution in [1.29, 1.82) is 0 Å². The van der Waals surface area contributed by atoms with Crippen LogP contribution in [0, 0.1) is 0 Å². The summed E-state index contributed by atoms with van der Waals surface area (Å²) in [5, 5.41) is 12.7. The smallest absolute Gasteiger partial charge is 0.255 e. The van der Waals surface area contributed by atoms with Gasteiger partial charge in [0.25, 0.3) is 5.91 Å².